The molecule has 0 aliphatic carbocycles. The van der Waals surface area contributed by atoms with Crippen molar-refractivity contribution in [3.63, 3.8) is 0 Å². The maximum absolute atomic E-state index is 13.1. The number of nitrogens with zero attached hydrogens (tertiary/aromatic N) is 3. The van der Waals surface area contributed by atoms with Gasteiger partial charge in [0.25, 0.3) is 0 Å². The summed E-state index contributed by atoms with van der Waals surface area (Å²) in [6.07, 6.45) is 0.440. The van der Waals surface area contributed by atoms with Gasteiger partial charge in [0, 0.05) is 39.5 Å². The minimum absolute atomic E-state index is 0.0407. The van der Waals surface area contributed by atoms with Crippen molar-refractivity contribution >= 4 is 49.5 Å². The molecule has 0 saturated carbocycles. The predicted molar refractivity (Wildman–Crippen MR) is 120 cm³/mol. The first-order valence-corrected chi connectivity index (χ1v) is 14.7. The smallest absolute Gasteiger partial charge is 0.349 e. The van der Waals surface area contributed by atoms with Crippen molar-refractivity contribution in [3.05, 3.63) is 34.6 Å². The van der Waals surface area contributed by atoms with Gasteiger partial charge in [-0.3, -0.25) is 18.4 Å². The molecular formula is C16H23N3O9P2S2. The fourth-order valence-corrected chi connectivity index (χ4v) is 4.89. The molecule has 5 unspecified atom stereocenters. The zero-order valence-electron chi connectivity index (χ0n) is 17.4. The largest absolute Gasteiger partial charge is 0.386 e. The average molecular weight is 527 g/mol. The van der Waals surface area contributed by atoms with Crippen LogP contribution in [0.1, 0.15) is 25.3 Å². The molecule has 0 radical (unpaired) electrons. The summed E-state index contributed by atoms with van der Waals surface area (Å²) in [4.78, 5) is 28.8. The SMILES string of the molecule is COP(=O)(S)OCC1OC(n2ccc3ncc(CC(C)=O)n3c2=O)CC1OP(=O)(S)OC. The van der Waals surface area contributed by atoms with E-state index in [4.69, 9.17) is 18.3 Å². The van der Waals surface area contributed by atoms with E-state index in [2.05, 4.69) is 34.0 Å². The molecule has 16 heteroatoms. The first-order valence-electron chi connectivity index (χ1n) is 9.28. The highest BCUT2D eigenvalue weighted by molar-refractivity contribution is 8.44. The van der Waals surface area contributed by atoms with Crippen molar-refractivity contribution in [3.8, 4) is 0 Å². The molecule has 0 bridgehead atoms. The van der Waals surface area contributed by atoms with Crippen LogP contribution in [0, 0.1) is 0 Å². The summed E-state index contributed by atoms with van der Waals surface area (Å²) in [5.41, 5.74) is 0.329. The third kappa shape index (κ3) is 5.94. The lowest BCUT2D eigenvalue weighted by Crippen LogP contribution is -2.31. The summed E-state index contributed by atoms with van der Waals surface area (Å²) in [7, 11) is 2.35. The number of ether oxygens (including phenoxy) is 1. The van der Waals surface area contributed by atoms with Gasteiger partial charge in [-0.1, -0.05) is 24.5 Å². The van der Waals surface area contributed by atoms with Crippen molar-refractivity contribution in [2.45, 2.75) is 38.2 Å². The standard InChI is InChI=1S/C16H23N3O9P2S2/c1-10(20)6-11-8-17-14-4-5-18(16(21)19(11)14)15-7-12(28-30(23,32)25-3)13(27-15)9-26-29(22,31)24-2/h4-5,8,12-13,15H,6-7,9H2,1-3H3,(H,22,31)(H,23,32). The topological polar surface area (TPSA) is 137 Å². The van der Waals surface area contributed by atoms with Crippen molar-refractivity contribution in [1.29, 1.82) is 0 Å². The zero-order valence-corrected chi connectivity index (χ0v) is 21.0. The molecule has 32 heavy (non-hydrogen) atoms. The normalized spacial score (nSPS) is 25.0. The number of ketones is 1. The molecule has 3 rings (SSSR count). The van der Waals surface area contributed by atoms with Crippen LogP contribution in [0.15, 0.2) is 23.3 Å². The summed E-state index contributed by atoms with van der Waals surface area (Å²) >= 11 is 7.68. The Labute approximate surface area is 193 Å². The molecule has 178 valence electrons. The molecule has 0 aromatic carbocycles. The molecule has 2 aromatic rings. The Bertz CT molecular complexity index is 1150. The monoisotopic (exact) mass is 527 g/mol. The maximum Gasteiger partial charge on any atom is 0.386 e. The van der Waals surface area contributed by atoms with E-state index < -0.39 is 37.7 Å². The van der Waals surface area contributed by atoms with E-state index in [1.165, 1.54) is 42.5 Å². The third-order valence-electron chi connectivity index (χ3n) is 4.71. The van der Waals surface area contributed by atoms with Gasteiger partial charge >= 0.3 is 19.3 Å². The Morgan fingerprint density at radius 3 is 2.59 bits per heavy atom. The molecule has 1 saturated heterocycles. The Morgan fingerprint density at radius 2 is 1.97 bits per heavy atom. The summed E-state index contributed by atoms with van der Waals surface area (Å²) in [5.74, 6) is -0.122. The van der Waals surface area contributed by atoms with Crippen LogP contribution in [0.5, 0.6) is 0 Å². The van der Waals surface area contributed by atoms with Crippen LogP contribution in [-0.4, -0.2) is 52.8 Å². The van der Waals surface area contributed by atoms with Gasteiger partial charge in [-0.15, -0.1) is 0 Å². The molecule has 3 heterocycles. The van der Waals surface area contributed by atoms with Gasteiger partial charge < -0.3 is 13.8 Å². The van der Waals surface area contributed by atoms with E-state index in [-0.39, 0.29) is 25.2 Å². The third-order valence-corrected chi connectivity index (χ3v) is 8.26. The first-order chi connectivity index (χ1) is 15.0. The van der Waals surface area contributed by atoms with Gasteiger partial charge in [0.05, 0.1) is 12.3 Å². The molecule has 1 fully saturated rings. The lowest BCUT2D eigenvalue weighted by molar-refractivity contribution is -0.116. The van der Waals surface area contributed by atoms with Crippen LogP contribution in [0.4, 0.5) is 0 Å². The lowest BCUT2D eigenvalue weighted by Gasteiger charge is -2.21. The fourth-order valence-electron chi connectivity index (χ4n) is 3.23. The molecule has 5 atom stereocenters. The number of imidazole rings is 1. The molecule has 12 nitrogen and oxygen atoms in total. The molecule has 2 aromatic heterocycles. The number of aromatic nitrogens is 3. The molecular weight excluding hydrogens is 504 g/mol. The van der Waals surface area contributed by atoms with Gasteiger partial charge in [-0.05, 0) is 13.0 Å². The van der Waals surface area contributed by atoms with Crippen LogP contribution in [0.3, 0.4) is 0 Å². The maximum atomic E-state index is 13.1. The first kappa shape index (κ1) is 25.7. The van der Waals surface area contributed by atoms with Crippen molar-refractivity contribution < 1.29 is 36.8 Å². The highest BCUT2D eigenvalue weighted by atomic mass is 32.7. The van der Waals surface area contributed by atoms with E-state index in [1.807, 2.05) is 0 Å². The van der Waals surface area contributed by atoms with E-state index in [0.717, 1.165) is 0 Å². The number of fused-ring (bicyclic) bond motifs is 1. The van der Waals surface area contributed by atoms with Gasteiger partial charge in [0.15, 0.2) is 0 Å². The summed E-state index contributed by atoms with van der Waals surface area (Å²) in [5, 5.41) is 0. The molecule has 0 N–H and O–H groups in total. The number of rotatable bonds is 10. The van der Waals surface area contributed by atoms with Gasteiger partial charge in [0.1, 0.15) is 29.9 Å². The number of carbonyl (C=O) groups excluding carboxylic acids is 1. The van der Waals surface area contributed by atoms with Crippen molar-refractivity contribution in [2.75, 3.05) is 20.8 Å². The lowest BCUT2D eigenvalue weighted by atomic mass is 10.2. The summed E-state index contributed by atoms with van der Waals surface area (Å²) in [6.45, 7) is -6.22. The Morgan fingerprint density at radius 1 is 1.28 bits per heavy atom. The van der Waals surface area contributed by atoms with E-state index in [9.17, 15) is 18.7 Å². The Balaban J connectivity index is 1.92. The second-order valence-electron chi connectivity index (χ2n) is 6.93. The summed E-state index contributed by atoms with van der Waals surface area (Å²) in [6, 6.07) is 1.60. The Hall–Kier alpha value is -0.950. The zero-order chi connectivity index (χ0) is 23.7. The van der Waals surface area contributed by atoms with Crippen molar-refractivity contribution in [2.24, 2.45) is 0 Å². The van der Waals surface area contributed by atoms with Crippen LogP contribution >= 0.6 is 38.1 Å². The Kier molecular flexibility index (Phi) is 8.12. The second kappa shape index (κ2) is 10.1. The number of hydrogen-bond donors (Lipinski definition) is 2. The molecule has 0 spiro atoms. The molecule has 0 amide bonds. The van der Waals surface area contributed by atoms with Gasteiger partial charge in [-0.2, -0.15) is 0 Å². The fraction of sp³-hybridized carbons (Fsp3) is 0.562. The van der Waals surface area contributed by atoms with Crippen LogP contribution in [-0.2, 0) is 43.2 Å². The van der Waals surface area contributed by atoms with E-state index >= 15 is 0 Å². The van der Waals surface area contributed by atoms with E-state index in [1.54, 1.807) is 6.07 Å². The van der Waals surface area contributed by atoms with Crippen molar-refractivity contribution in [1.82, 2.24) is 14.0 Å². The minimum atomic E-state index is -3.71. The van der Waals surface area contributed by atoms with Gasteiger partial charge in [-0.25, -0.2) is 23.3 Å². The number of thiol groups is 2. The molecule has 1 aliphatic heterocycles. The highest BCUT2D eigenvalue weighted by Crippen LogP contribution is 2.56. The number of Topliss-reactive ketones (excluding diaryl/α,β-unsaturated/α-hetero) is 1. The minimum Gasteiger partial charge on any atom is -0.349 e. The number of hydrogen-bond acceptors (Lipinski definition) is 10. The second-order valence-corrected chi connectivity index (χ2v) is 12.9. The van der Waals surface area contributed by atoms with Crippen LogP contribution < -0.4 is 5.69 Å². The summed E-state index contributed by atoms with van der Waals surface area (Å²) < 4.78 is 52.8. The van der Waals surface area contributed by atoms with Crippen LogP contribution in [0.25, 0.3) is 5.65 Å². The van der Waals surface area contributed by atoms with E-state index in [0.29, 0.717) is 11.3 Å². The number of carbonyl (C=O) groups is 1. The van der Waals surface area contributed by atoms with Crippen LogP contribution in [0.2, 0.25) is 0 Å². The average Bonchev–Trinajstić information content (AvgIpc) is 3.30. The molecule has 1 aliphatic rings. The van der Waals surface area contributed by atoms with Gasteiger partial charge in [0.2, 0.25) is 0 Å². The highest BCUT2D eigenvalue weighted by Gasteiger charge is 2.42. The predicted octanol–water partition coefficient (Wildman–Crippen LogP) is 2.69. The quantitative estimate of drug-likeness (QED) is 0.351.